The van der Waals surface area contributed by atoms with Gasteiger partial charge in [0.05, 0.1) is 40.0 Å². The topological polar surface area (TPSA) is 178 Å². The first-order valence-electron chi connectivity index (χ1n) is 17.8. The predicted octanol–water partition coefficient (Wildman–Crippen LogP) is 3.02. The molecule has 1 aliphatic rings. The lowest BCUT2D eigenvalue weighted by atomic mass is 9.96. The van der Waals surface area contributed by atoms with Gasteiger partial charge in [0.15, 0.2) is 9.84 Å². The molecule has 13 heteroatoms. The van der Waals surface area contributed by atoms with Crippen molar-refractivity contribution in [3.05, 3.63) is 108 Å². The molecule has 53 heavy (non-hydrogen) atoms. The Morgan fingerprint density at radius 3 is 2.19 bits per heavy atom. The molecule has 0 spiro atoms. The SMILES string of the molecule is C[C@@H](O)[C@H](NC(=O)c1ccc2ccccc2n1)C(=O)NC(Cc1ccccc1)C(O)CN1CCC(S(=O)(=O)c2ccccc2)CC1C(=O)NC(C)(C)C. The molecule has 4 unspecified atom stereocenters. The van der Waals surface area contributed by atoms with Crippen LogP contribution in [0.1, 0.15) is 56.6 Å². The Kier molecular flexibility index (Phi) is 12.7. The van der Waals surface area contributed by atoms with E-state index in [-0.39, 0.29) is 48.8 Å². The lowest BCUT2D eigenvalue weighted by Gasteiger charge is -2.41. The zero-order chi connectivity index (χ0) is 38.3. The number of piperidine rings is 1. The van der Waals surface area contributed by atoms with Crippen molar-refractivity contribution in [3.63, 3.8) is 0 Å². The average molecular weight is 744 g/mol. The summed E-state index contributed by atoms with van der Waals surface area (Å²) in [7, 11) is -3.74. The smallest absolute Gasteiger partial charge is 0.270 e. The van der Waals surface area contributed by atoms with Gasteiger partial charge in [0.25, 0.3) is 5.91 Å². The molecule has 12 nitrogen and oxygen atoms in total. The first-order valence-corrected chi connectivity index (χ1v) is 19.4. The summed E-state index contributed by atoms with van der Waals surface area (Å²) in [6.07, 6.45) is -2.10. The fraction of sp³-hybridized carbons (Fsp3) is 0.400. The van der Waals surface area contributed by atoms with Crippen LogP contribution < -0.4 is 16.0 Å². The zero-order valence-corrected chi connectivity index (χ0v) is 31.3. The van der Waals surface area contributed by atoms with E-state index in [2.05, 4.69) is 20.9 Å². The van der Waals surface area contributed by atoms with Gasteiger partial charge in [-0.05, 0) is 76.8 Å². The maximum atomic E-state index is 13.8. The first kappa shape index (κ1) is 39.5. The summed E-state index contributed by atoms with van der Waals surface area (Å²) < 4.78 is 27.3. The minimum Gasteiger partial charge on any atom is -0.391 e. The molecule has 1 saturated heterocycles. The van der Waals surface area contributed by atoms with Crippen LogP contribution in [0, 0.1) is 0 Å². The number of likely N-dealkylation sites (tertiary alicyclic amines) is 1. The molecule has 3 aromatic carbocycles. The number of benzene rings is 3. The number of carbonyl (C=O) groups is 3. The van der Waals surface area contributed by atoms with Gasteiger partial charge in [0, 0.05) is 24.0 Å². The number of carbonyl (C=O) groups excluding carboxylic acids is 3. The molecule has 0 saturated carbocycles. The summed E-state index contributed by atoms with van der Waals surface area (Å²) >= 11 is 0. The van der Waals surface area contributed by atoms with E-state index >= 15 is 0 Å². The Morgan fingerprint density at radius 2 is 1.53 bits per heavy atom. The molecule has 1 aromatic heterocycles. The molecule has 6 atom stereocenters. The van der Waals surface area contributed by atoms with E-state index in [4.69, 9.17) is 0 Å². The van der Waals surface area contributed by atoms with Crippen LogP contribution in [-0.4, -0.2) is 100 Å². The van der Waals surface area contributed by atoms with E-state index in [1.165, 1.54) is 13.0 Å². The number of hydrogen-bond acceptors (Lipinski definition) is 9. The van der Waals surface area contributed by atoms with Crippen molar-refractivity contribution in [2.45, 2.75) is 93.0 Å². The molecule has 0 radical (unpaired) electrons. The van der Waals surface area contributed by atoms with Crippen LogP contribution in [0.4, 0.5) is 0 Å². The molecule has 3 amide bonds. The highest BCUT2D eigenvalue weighted by molar-refractivity contribution is 7.92. The van der Waals surface area contributed by atoms with E-state index in [9.17, 15) is 33.0 Å². The van der Waals surface area contributed by atoms with Crippen LogP contribution in [-0.2, 0) is 25.8 Å². The van der Waals surface area contributed by atoms with Gasteiger partial charge in [-0.1, -0.05) is 72.8 Å². The Morgan fingerprint density at radius 1 is 0.887 bits per heavy atom. The summed E-state index contributed by atoms with van der Waals surface area (Å²) in [6, 6.07) is 24.8. The third-order valence-corrected chi connectivity index (χ3v) is 11.6. The molecule has 5 rings (SSSR count). The number of fused-ring (bicyclic) bond motifs is 1. The second kappa shape index (κ2) is 17.0. The lowest BCUT2D eigenvalue weighted by molar-refractivity contribution is -0.131. The number of aliphatic hydroxyl groups is 2. The molecule has 1 aliphatic heterocycles. The van der Waals surface area contributed by atoms with Crippen molar-refractivity contribution in [2.75, 3.05) is 13.1 Å². The minimum atomic E-state index is -3.74. The quantitative estimate of drug-likeness (QED) is 0.138. The number of sulfone groups is 1. The number of aliphatic hydroxyl groups excluding tert-OH is 2. The highest BCUT2D eigenvalue weighted by Crippen LogP contribution is 2.29. The number of β-amino-alcohol motifs (C(OH)–C–C–N with tert-alkyl or cyclic N) is 1. The van der Waals surface area contributed by atoms with Crippen molar-refractivity contribution in [1.29, 1.82) is 0 Å². The summed E-state index contributed by atoms with van der Waals surface area (Å²) in [5.41, 5.74) is 0.879. The van der Waals surface area contributed by atoms with Crippen LogP contribution in [0.2, 0.25) is 0 Å². The monoisotopic (exact) mass is 743 g/mol. The van der Waals surface area contributed by atoms with E-state index in [0.29, 0.717) is 5.52 Å². The Hall–Kier alpha value is -4.69. The summed E-state index contributed by atoms with van der Waals surface area (Å²) in [4.78, 5) is 47.2. The fourth-order valence-corrected chi connectivity index (χ4v) is 8.39. The van der Waals surface area contributed by atoms with E-state index in [1.54, 1.807) is 53.4 Å². The van der Waals surface area contributed by atoms with E-state index < -0.39 is 62.8 Å². The molecule has 0 aliphatic carbocycles. The van der Waals surface area contributed by atoms with Gasteiger partial charge in [0.1, 0.15) is 11.7 Å². The highest BCUT2D eigenvalue weighted by Gasteiger charge is 2.42. The number of nitrogens with zero attached hydrogens (tertiary/aromatic N) is 2. The van der Waals surface area contributed by atoms with Gasteiger partial charge in [-0.25, -0.2) is 13.4 Å². The lowest BCUT2D eigenvalue weighted by Crippen LogP contribution is -2.61. The maximum Gasteiger partial charge on any atom is 0.270 e. The number of para-hydroxylation sites is 1. The van der Waals surface area contributed by atoms with Crippen LogP contribution in [0.25, 0.3) is 10.9 Å². The van der Waals surface area contributed by atoms with Gasteiger partial charge in [-0.2, -0.15) is 0 Å². The molecule has 282 valence electrons. The van der Waals surface area contributed by atoms with Gasteiger partial charge >= 0.3 is 0 Å². The van der Waals surface area contributed by atoms with Crippen LogP contribution >= 0.6 is 0 Å². The molecule has 5 N–H and O–H groups in total. The zero-order valence-electron chi connectivity index (χ0n) is 30.5. The third kappa shape index (κ3) is 10.3. The first-order chi connectivity index (χ1) is 25.1. The number of amides is 3. The van der Waals surface area contributed by atoms with Crippen LogP contribution in [0.15, 0.2) is 102 Å². The van der Waals surface area contributed by atoms with Gasteiger partial charge in [-0.15, -0.1) is 0 Å². The largest absolute Gasteiger partial charge is 0.391 e. The minimum absolute atomic E-state index is 0.0144. The predicted molar refractivity (Wildman–Crippen MR) is 203 cm³/mol. The van der Waals surface area contributed by atoms with Crippen LogP contribution in [0.3, 0.4) is 0 Å². The van der Waals surface area contributed by atoms with E-state index in [1.807, 2.05) is 63.2 Å². The summed E-state index contributed by atoms with van der Waals surface area (Å²) in [5.74, 6) is -1.73. The normalized spacial score (nSPS) is 19.1. The summed E-state index contributed by atoms with van der Waals surface area (Å²) in [5, 5.41) is 30.9. The second-order valence-corrected chi connectivity index (χ2v) is 16.9. The molecular formula is C40H49N5O7S. The number of aromatic nitrogens is 1. The average Bonchev–Trinajstić information content (AvgIpc) is 3.13. The Balaban J connectivity index is 1.36. The number of pyridine rings is 1. The van der Waals surface area contributed by atoms with Crippen molar-refractivity contribution in [1.82, 2.24) is 25.8 Å². The van der Waals surface area contributed by atoms with Crippen LogP contribution in [0.5, 0.6) is 0 Å². The Labute approximate surface area is 310 Å². The fourth-order valence-electron chi connectivity index (χ4n) is 6.61. The van der Waals surface area contributed by atoms with Crippen molar-refractivity contribution >= 4 is 38.5 Å². The molecule has 2 heterocycles. The molecule has 4 aromatic rings. The number of hydrogen-bond donors (Lipinski definition) is 5. The number of nitrogens with one attached hydrogen (secondary N) is 3. The van der Waals surface area contributed by atoms with Gasteiger partial charge in [-0.3, -0.25) is 19.3 Å². The van der Waals surface area contributed by atoms with Gasteiger partial charge in [0.2, 0.25) is 11.8 Å². The maximum absolute atomic E-state index is 13.8. The molecule has 1 fully saturated rings. The standard InChI is InChI=1S/C40H49N5O7S/c1-26(46)36(43-37(48)32-20-19-28-15-11-12-18-31(28)41-32)39(50)42-33(23-27-13-7-5-8-14-27)35(47)25-45-22-21-30(24-34(45)38(49)44-40(2,3)4)53(51,52)29-16-9-6-10-17-29/h5-20,26,30,33-36,46-47H,21-25H2,1-4H3,(H,42,50)(H,43,48)(H,44,49)/t26-,30?,33?,34?,35?,36+/m1/s1. The second-order valence-electron chi connectivity index (χ2n) is 14.7. The Bertz CT molecular complexity index is 1990. The van der Waals surface area contributed by atoms with Crippen molar-refractivity contribution < 1.29 is 33.0 Å². The van der Waals surface area contributed by atoms with Crippen molar-refractivity contribution in [2.24, 2.45) is 0 Å². The van der Waals surface area contributed by atoms with Gasteiger partial charge < -0.3 is 26.2 Å². The number of rotatable bonds is 13. The third-order valence-electron chi connectivity index (χ3n) is 9.37. The molecular weight excluding hydrogens is 695 g/mol. The summed E-state index contributed by atoms with van der Waals surface area (Å²) in [6.45, 7) is 7.03. The highest BCUT2D eigenvalue weighted by atomic mass is 32.2. The molecule has 0 bridgehead atoms. The van der Waals surface area contributed by atoms with E-state index in [0.717, 1.165) is 10.9 Å². The van der Waals surface area contributed by atoms with Crippen molar-refractivity contribution in [3.8, 4) is 0 Å².